The molecule has 1 heterocycles. The molecule has 0 amide bonds. The third kappa shape index (κ3) is 5.62. The van der Waals surface area contributed by atoms with Gasteiger partial charge >= 0.3 is 5.97 Å². The molecule has 17 heavy (non-hydrogen) atoms. The van der Waals surface area contributed by atoms with Gasteiger partial charge in [0.25, 0.3) is 0 Å². The number of rotatable bonds is 4. The molecule has 2 atom stereocenters. The maximum atomic E-state index is 10.6. The summed E-state index contributed by atoms with van der Waals surface area (Å²) in [5, 5.41) is 3.37. The van der Waals surface area contributed by atoms with Crippen molar-refractivity contribution in [3.63, 3.8) is 0 Å². The number of hydrogen-bond acceptors (Lipinski definition) is 5. The Labute approximate surface area is 105 Å². The Balaban J connectivity index is 2.28. The monoisotopic (exact) mass is 260 g/mol. The Hall–Kier alpha value is -1.18. The Kier molecular flexibility index (Phi) is 5.88. The number of thiocarbonyl (C=S) groups is 1. The predicted molar refractivity (Wildman–Crippen MR) is 65.2 cm³/mol. The summed E-state index contributed by atoms with van der Waals surface area (Å²) in [5.41, 5.74) is 2.51. The number of hydroxylamine groups is 1. The number of nitrogens with one attached hydrogen (secondary N) is 2. The van der Waals surface area contributed by atoms with Gasteiger partial charge in [0.2, 0.25) is 0 Å². The highest BCUT2D eigenvalue weighted by Gasteiger charge is 2.17. The summed E-state index contributed by atoms with van der Waals surface area (Å²) >= 11 is 4.94. The standard InChI is InChI=1S/C10H16N2O4S/c1-7(13)15-6-9-4-3-8(5-16-9)11-10(17)12-14-2/h3-4,8-9H,5-6H2,1-2H3,(H2,11,12,17)/t8-,9-/m1/s1. The summed E-state index contributed by atoms with van der Waals surface area (Å²) in [6, 6.07) is -0.0151. The first kappa shape index (κ1) is 13.9. The Morgan fingerprint density at radius 1 is 1.59 bits per heavy atom. The molecule has 2 N–H and O–H groups in total. The van der Waals surface area contributed by atoms with Gasteiger partial charge in [-0.25, -0.2) is 5.48 Å². The molecule has 0 aromatic rings. The van der Waals surface area contributed by atoms with E-state index in [4.69, 9.17) is 21.7 Å². The Morgan fingerprint density at radius 2 is 2.35 bits per heavy atom. The summed E-state index contributed by atoms with van der Waals surface area (Å²) in [7, 11) is 1.48. The maximum absolute atomic E-state index is 10.6. The fourth-order valence-corrected chi connectivity index (χ4v) is 1.51. The van der Waals surface area contributed by atoms with E-state index in [1.807, 2.05) is 12.2 Å². The second kappa shape index (κ2) is 7.21. The van der Waals surface area contributed by atoms with E-state index >= 15 is 0 Å². The van der Waals surface area contributed by atoms with Gasteiger partial charge in [0.1, 0.15) is 12.7 Å². The Bertz CT molecular complexity index is 309. The molecule has 0 fully saturated rings. The van der Waals surface area contributed by atoms with Crippen molar-refractivity contribution in [1.82, 2.24) is 10.8 Å². The van der Waals surface area contributed by atoms with Gasteiger partial charge in [-0.05, 0) is 12.2 Å². The van der Waals surface area contributed by atoms with Crippen LogP contribution in [0.15, 0.2) is 12.2 Å². The van der Waals surface area contributed by atoms with Crippen LogP contribution in [0.5, 0.6) is 0 Å². The van der Waals surface area contributed by atoms with Crippen molar-refractivity contribution in [3.05, 3.63) is 12.2 Å². The molecule has 7 heteroatoms. The molecule has 0 aliphatic carbocycles. The number of hydrogen-bond donors (Lipinski definition) is 2. The fraction of sp³-hybridized carbons (Fsp3) is 0.600. The van der Waals surface area contributed by atoms with Crippen LogP contribution < -0.4 is 10.8 Å². The Morgan fingerprint density at radius 3 is 2.88 bits per heavy atom. The van der Waals surface area contributed by atoms with Gasteiger partial charge in [-0.2, -0.15) is 0 Å². The minimum atomic E-state index is -0.312. The molecule has 0 radical (unpaired) electrons. The topological polar surface area (TPSA) is 68.8 Å². The van der Waals surface area contributed by atoms with Crippen LogP contribution in [0.3, 0.4) is 0 Å². The van der Waals surface area contributed by atoms with Crippen molar-refractivity contribution < 1.29 is 19.1 Å². The lowest BCUT2D eigenvalue weighted by Gasteiger charge is -2.24. The van der Waals surface area contributed by atoms with E-state index in [1.54, 1.807) is 0 Å². The second-order valence-corrected chi connectivity index (χ2v) is 3.85. The SMILES string of the molecule is CONC(=S)N[C@@H]1C=C[C@H](COC(C)=O)OC1. The molecular weight excluding hydrogens is 244 g/mol. The lowest BCUT2D eigenvalue weighted by atomic mass is 10.2. The lowest BCUT2D eigenvalue weighted by Crippen LogP contribution is -2.45. The van der Waals surface area contributed by atoms with E-state index in [2.05, 4.69) is 15.6 Å². The summed E-state index contributed by atoms with van der Waals surface area (Å²) < 4.78 is 10.3. The molecular formula is C10H16N2O4S. The zero-order valence-corrected chi connectivity index (χ0v) is 10.6. The highest BCUT2D eigenvalue weighted by molar-refractivity contribution is 7.80. The molecule has 0 saturated heterocycles. The van der Waals surface area contributed by atoms with E-state index in [0.717, 1.165) is 0 Å². The summed E-state index contributed by atoms with van der Waals surface area (Å²) in [5.74, 6) is -0.312. The van der Waals surface area contributed by atoms with Crippen LogP contribution in [-0.2, 0) is 19.1 Å². The molecule has 0 aromatic heterocycles. The third-order valence-electron chi connectivity index (χ3n) is 2.01. The van der Waals surface area contributed by atoms with Gasteiger partial charge < -0.3 is 14.8 Å². The van der Waals surface area contributed by atoms with E-state index in [0.29, 0.717) is 11.7 Å². The third-order valence-corrected chi connectivity index (χ3v) is 2.21. The van der Waals surface area contributed by atoms with Crippen LogP contribution >= 0.6 is 12.2 Å². The first-order valence-electron chi connectivity index (χ1n) is 5.14. The van der Waals surface area contributed by atoms with Gasteiger partial charge in [-0.15, -0.1) is 0 Å². The average Bonchev–Trinajstić information content (AvgIpc) is 2.28. The number of carbonyl (C=O) groups is 1. The molecule has 1 aliphatic heterocycles. The van der Waals surface area contributed by atoms with E-state index in [-0.39, 0.29) is 24.7 Å². The van der Waals surface area contributed by atoms with Crippen molar-refractivity contribution in [3.8, 4) is 0 Å². The lowest BCUT2D eigenvalue weighted by molar-refractivity contribution is -0.144. The molecule has 6 nitrogen and oxygen atoms in total. The summed E-state index contributed by atoms with van der Waals surface area (Å²) in [4.78, 5) is 15.3. The molecule has 1 aliphatic rings. The van der Waals surface area contributed by atoms with Crippen LogP contribution in [0.1, 0.15) is 6.92 Å². The minimum Gasteiger partial charge on any atom is -0.463 e. The van der Waals surface area contributed by atoms with Crippen molar-refractivity contribution in [1.29, 1.82) is 0 Å². The van der Waals surface area contributed by atoms with Gasteiger partial charge in [0.05, 0.1) is 19.8 Å². The first-order chi connectivity index (χ1) is 8.11. The predicted octanol–water partition coefficient (Wildman–Crippen LogP) is -0.101. The molecule has 0 spiro atoms. The van der Waals surface area contributed by atoms with Crippen LogP contribution in [0.25, 0.3) is 0 Å². The quantitative estimate of drug-likeness (QED) is 0.316. The average molecular weight is 260 g/mol. The summed E-state index contributed by atoms with van der Waals surface area (Å²) in [6.45, 7) is 2.05. The maximum Gasteiger partial charge on any atom is 0.302 e. The van der Waals surface area contributed by atoms with Crippen LogP contribution in [0.2, 0.25) is 0 Å². The highest BCUT2D eigenvalue weighted by Crippen LogP contribution is 2.06. The van der Waals surface area contributed by atoms with Gasteiger partial charge in [-0.3, -0.25) is 9.63 Å². The minimum absolute atomic E-state index is 0.0151. The number of carbonyl (C=O) groups excluding carboxylic acids is 1. The molecule has 0 saturated carbocycles. The van der Waals surface area contributed by atoms with Crippen molar-refractivity contribution >= 4 is 23.3 Å². The molecule has 0 aromatic carbocycles. The first-order valence-corrected chi connectivity index (χ1v) is 5.55. The van der Waals surface area contributed by atoms with Gasteiger partial charge in [0, 0.05) is 6.92 Å². The van der Waals surface area contributed by atoms with Crippen molar-refractivity contribution in [2.45, 2.75) is 19.1 Å². The van der Waals surface area contributed by atoms with Crippen molar-refractivity contribution in [2.24, 2.45) is 0 Å². The van der Waals surface area contributed by atoms with Crippen LogP contribution in [0.4, 0.5) is 0 Å². The zero-order chi connectivity index (χ0) is 12.7. The molecule has 0 bridgehead atoms. The largest absolute Gasteiger partial charge is 0.463 e. The smallest absolute Gasteiger partial charge is 0.302 e. The summed E-state index contributed by atoms with van der Waals surface area (Å²) in [6.07, 6.45) is 3.56. The van der Waals surface area contributed by atoms with E-state index < -0.39 is 0 Å². The second-order valence-electron chi connectivity index (χ2n) is 3.45. The fourth-order valence-electron chi connectivity index (χ4n) is 1.28. The van der Waals surface area contributed by atoms with E-state index in [9.17, 15) is 4.79 Å². The van der Waals surface area contributed by atoms with Gasteiger partial charge in [0.15, 0.2) is 5.11 Å². The molecule has 1 rings (SSSR count). The normalized spacial score (nSPS) is 22.9. The number of ether oxygens (including phenoxy) is 2. The van der Waals surface area contributed by atoms with Crippen molar-refractivity contribution in [2.75, 3.05) is 20.3 Å². The van der Waals surface area contributed by atoms with Gasteiger partial charge in [-0.1, -0.05) is 12.2 Å². The zero-order valence-electron chi connectivity index (χ0n) is 9.76. The van der Waals surface area contributed by atoms with E-state index in [1.165, 1.54) is 14.0 Å². The number of esters is 1. The molecule has 96 valence electrons. The highest BCUT2D eigenvalue weighted by atomic mass is 32.1. The van der Waals surface area contributed by atoms with Crippen LogP contribution in [0, 0.1) is 0 Å². The molecule has 0 unspecified atom stereocenters. The van der Waals surface area contributed by atoms with Crippen LogP contribution in [-0.4, -0.2) is 43.6 Å².